The lowest BCUT2D eigenvalue weighted by atomic mass is 9.97. The van der Waals surface area contributed by atoms with Gasteiger partial charge in [-0.25, -0.2) is 4.79 Å². The van der Waals surface area contributed by atoms with Gasteiger partial charge < -0.3 is 9.80 Å². The van der Waals surface area contributed by atoms with E-state index < -0.39 is 0 Å². The van der Waals surface area contributed by atoms with Crippen LogP contribution in [0.2, 0.25) is 0 Å². The molecule has 0 aromatic heterocycles. The molecule has 1 spiro atoms. The van der Waals surface area contributed by atoms with E-state index in [1.54, 1.807) is 11.9 Å². The number of likely N-dealkylation sites (N-methyl/N-ethyl adjacent to an activating group) is 2. The predicted molar refractivity (Wildman–Crippen MR) is 48.9 cm³/mol. The smallest absolute Gasteiger partial charge is 0.313 e. The van der Waals surface area contributed by atoms with Crippen molar-refractivity contribution in [2.45, 2.75) is 12.0 Å². The van der Waals surface area contributed by atoms with E-state index in [-0.39, 0.29) is 11.6 Å². The number of hydrogen-bond acceptors (Lipinski definition) is 3. The minimum absolute atomic E-state index is 0.152. The number of urea groups is 1. The van der Waals surface area contributed by atoms with Crippen molar-refractivity contribution >= 4 is 11.9 Å². The average molecular weight is 182 g/mol. The van der Waals surface area contributed by atoms with Crippen LogP contribution in [0.1, 0.15) is 6.42 Å². The van der Waals surface area contributed by atoms with Gasteiger partial charge in [0.15, 0.2) is 0 Å². The van der Waals surface area contributed by atoms with E-state index in [1.165, 1.54) is 0 Å². The quantitative estimate of drug-likeness (QED) is 0.540. The Bertz CT molecular complexity index is 277. The molecule has 0 aromatic carbocycles. The van der Waals surface area contributed by atoms with Crippen LogP contribution in [0.15, 0.2) is 0 Å². The monoisotopic (exact) mass is 182 g/mol. The molecule has 13 heavy (non-hydrogen) atoms. The lowest BCUT2D eigenvalue weighted by Crippen LogP contribution is -2.49. The minimum atomic E-state index is -0.369. The van der Waals surface area contributed by atoms with Crippen LogP contribution in [0.3, 0.4) is 0 Å². The van der Waals surface area contributed by atoms with Crippen molar-refractivity contribution in [3.8, 4) is 0 Å². The molecule has 0 saturated carbocycles. The third-order valence-electron chi connectivity index (χ3n) is 3.08. The van der Waals surface area contributed by atoms with Crippen molar-refractivity contribution in [3.05, 3.63) is 0 Å². The van der Waals surface area contributed by atoms with E-state index in [4.69, 9.17) is 5.41 Å². The molecule has 72 valence electrons. The first kappa shape index (κ1) is 8.50. The molecule has 2 rings (SSSR count). The molecule has 1 atom stereocenters. The van der Waals surface area contributed by atoms with Crippen molar-refractivity contribution < 1.29 is 4.79 Å². The van der Waals surface area contributed by atoms with Gasteiger partial charge in [-0.3, -0.25) is 10.7 Å². The molecule has 0 radical (unpaired) electrons. The molecule has 5 heteroatoms. The molecule has 0 bridgehead atoms. The largest absolute Gasteiger partial charge is 0.323 e. The summed E-state index contributed by atoms with van der Waals surface area (Å²) >= 11 is 0. The second kappa shape index (κ2) is 2.45. The summed E-state index contributed by atoms with van der Waals surface area (Å²) in [5.74, 6) is 0.351. The van der Waals surface area contributed by atoms with Crippen LogP contribution in [0.5, 0.6) is 0 Å². The fraction of sp³-hybridized carbons (Fsp3) is 0.750. The summed E-state index contributed by atoms with van der Waals surface area (Å²) < 4.78 is 0. The molecule has 0 aliphatic carbocycles. The molecule has 2 heterocycles. The summed E-state index contributed by atoms with van der Waals surface area (Å²) in [6.45, 7) is 1.71. The summed E-state index contributed by atoms with van der Waals surface area (Å²) in [5.41, 5.74) is -0.369. The summed E-state index contributed by atoms with van der Waals surface area (Å²) in [6.07, 6.45) is 0.859. The lowest BCUT2D eigenvalue weighted by Gasteiger charge is -2.29. The Balaban J connectivity index is 2.31. The van der Waals surface area contributed by atoms with Crippen LogP contribution < -0.4 is 5.32 Å². The van der Waals surface area contributed by atoms with Gasteiger partial charge in [0, 0.05) is 20.1 Å². The van der Waals surface area contributed by atoms with Crippen molar-refractivity contribution in [1.29, 1.82) is 5.41 Å². The third kappa shape index (κ3) is 0.966. The SMILES string of the molecule is CN1CCC2(C1)C(=N)NC(=O)N2C. The summed E-state index contributed by atoms with van der Waals surface area (Å²) in [6, 6.07) is -0.152. The normalized spacial score (nSPS) is 34.8. The first-order valence-corrected chi connectivity index (χ1v) is 4.39. The second-order valence-corrected chi connectivity index (χ2v) is 3.88. The molecule has 2 N–H and O–H groups in total. The van der Waals surface area contributed by atoms with Crippen molar-refractivity contribution in [3.63, 3.8) is 0 Å². The fourth-order valence-electron chi connectivity index (χ4n) is 2.13. The van der Waals surface area contributed by atoms with Crippen LogP contribution in [0.4, 0.5) is 4.79 Å². The maximum atomic E-state index is 11.3. The van der Waals surface area contributed by atoms with Gasteiger partial charge in [-0.2, -0.15) is 0 Å². The average Bonchev–Trinajstić information content (AvgIpc) is 2.54. The molecule has 1 unspecified atom stereocenters. The van der Waals surface area contributed by atoms with Crippen molar-refractivity contribution in [2.75, 3.05) is 27.2 Å². The molecule has 2 amide bonds. The first-order valence-electron chi connectivity index (χ1n) is 4.39. The molecule has 5 nitrogen and oxygen atoms in total. The van der Waals surface area contributed by atoms with E-state index in [0.29, 0.717) is 5.84 Å². The highest BCUT2D eigenvalue weighted by Gasteiger charge is 2.51. The number of nitrogens with zero attached hydrogens (tertiary/aromatic N) is 2. The minimum Gasteiger partial charge on any atom is -0.313 e. The number of nitrogens with one attached hydrogen (secondary N) is 2. The van der Waals surface area contributed by atoms with Crippen LogP contribution in [-0.2, 0) is 0 Å². The van der Waals surface area contributed by atoms with Crippen LogP contribution in [0.25, 0.3) is 0 Å². The maximum Gasteiger partial charge on any atom is 0.323 e. The number of hydrogen-bond donors (Lipinski definition) is 2. The highest BCUT2D eigenvalue weighted by atomic mass is 16.2. The highest BCUT2D eigenvalue weighted by Crippen LogP contribution is 2.30. The summed E-state index contributed by atoms with van der Waals surface area (Å²) in [5, 5.41) is 10.3. The number of amides is 2. The Labute approximate surface area is 77.2 Å². The zero-order chi connectivity index (χ0) is 9.64. The van der Waals surface area contributed by atoms with Crippen molar-refractivity contribution in [1.82, 2.24) is 15.1 Å². The predicted octanol–water partition coefficient (Wildman–Crippen LogP) is -0.307. The van der Waals surface area contributed by atoms with E-state index >= 15 is 0 Å². The zero-order valence-electron chi connectivity index (χ0n) is 7.92. The van der Waals surface area contributed by atoms with Gasteiger partial charge >= 0.3 is 6.03 Å². The Morgan fingerprint density at radius 1 is 1.54 bits per heavy atom. The summed E-state index contributed by atoms with van der Waals surface area (Å²) in [4.78, 5) is 15.1. The molecule has 0 aromatic rings. The number of amidine groups is 1. The van der Waals surface area contributed by atoms with E-state index in [1.807, 2.05) is 7.05 Å². The van der Waals surface area contributed by atoms with Gasteiger partial charge in [-0.15, -0.1) is 0 Å². The molecular weight excluding hydrogens is 168 g/mol. The Hall–Kier alpha value is -1.10. The first-order chi connectivity index (χ1) is 6.06. The molecular formula is C8H14N4O. The highest BCUT2D eigenvalue weighted by molar-refractivity contribution is 6.08. The molecule has 2 fully saturated rings. The van der Waals surface area contributed by atoms with Crippen LogP contribution in [-0.4, -0.2) is 54.4 Å². The van der Waals surface area contributed by atoms with E-state index in [9.17, 15) is 4.79 Å². The number of rotatable bonds is 0. The Morgan fingerprint density at radius 3 is 2.62 bits per heavy atom. The second-order valence-electron chi connectivity index (χ2n) is 3.88. The van der Waals surface area contributed by atoms with Gasteiger partial charge in [0.2, 0.25) is 0 Å². The lowest BCUT2D eigenvalue weighted by molar-refractivity contribution is 0.193. The van der Waals surface area contributed by atoms with Crippen LogP contribution in [0, 0.1) is 5.41 Å². The molecule has 2 saturated heterocycles. The van der Waals surface area contributed by atoms with Gasteiger partial charge in [0.25, 0.3) is 0 Å². The Kier molecular flexibility index (Phi) is 1.60. The van der Waals surface area contributed by atoms with Crippen molar-refractivity contribution in [2.24, 2.45) is 0 Å². The van der Waals surface area contributed by atoms with Gasteiger partial charge in [-0.1, -0.05) is 0 Å². The molecule has 2 aliphatic heterocycles. The number of likely N-dealkylation sites (tertiary alicyclic amines) is 1. The summed E-state index contributed by atoms with van der Waals surface area (Å²) in [7, 11) is 3.77. The Morgan fingerprint density at radius 2 is 2.23 bits per heavy atom. The number of carbonyl (C=O) groups is 1. The van der Waals surface area contributed by atoms with E-state index in [2.05, 4.69) is 10.2 Å². The molecule has 2 aliphatic rings. The number of carbonyl (C=O) groups excluding carboxylic acids is 1. The van der Waals surface area contributed by atoms with Gasteiger partial charge in [0.05, 0.1) is 0 Å². The third-order valence-corrected chi connectivity index (χ3v) is 3.08. The fourth-order valence-corrected chi connectivity index (χ4v) is 2.13. The van der Waals surface area contributed by atoms with Crippen LogP contribution >= 0.6 is 0 Å². The van der Waals surface area contributed by atoms with E-state index in [0.717, 1.165) is 19.5 Å². The topological polar surface area (TPSA) is 59.4 Å². The standard InChI is InChI=1S/C8H14N4O/c1-11-4-3-8(5-11)6(9)10-7(13)12(8)2/h3-5H2,1-2H3,(H2,9,10,13). The maximum absolute atomic E-state index is 11.3. The zero-order valence-corrected chi connectivity index (χ0v) is 7.92. The van der Waals surface area contributed by atoms with Gasteiger partial charge in [0.1, 0.15) is 11.4 Å². The van der Waals surface area contributed by atoms with Gasteiger partial charge in [-0.05, 0) is 13.5 Å².